The molecule has 1 aromatic heterocycles. The van der Waals surface area contributed by atoms with Crippen LogP contribution >= 0.6 is 23.4 Å². The van der Waals surface area contributed by atoms with Gasteiger partial charge < -0.3 is 40.7 Å². The number of nitrogens with one attached hydrogen (secondary N) is 1. The maximum absolute atomic E-state index is 13.0. The van der Waals surface area contributed by atoms with Gasteiger partial charge in [0.25, 0.3) is 0 Å². The Hall–Kier alpha value is -2.82. The van der Waals surface area contributed by atoms with Crippen LogP contribution < -0.4 is 10.1 Å². The largest absolute Gasteiger partial charge is 0.490 e. The van der Waals surface area contributed by atoms with Crippen molar-refractivity contribution in [2.24, 2.45) is 0 Å². The molecule has 2 aliphatic carbocycles. The molecule has 0 bridgehead atoms. The van der Waals surface area contributed by atoms with Gasteiger partial charge in [-0.2, -0.15) is 0 Å². The number of aliphatic hydroxyl groups is 6. The van der Waals surface area contributed by atoms with Crippen LogP contribution in [0, 0.1) is 0 Å². The Labute approximate surface area is 320 Å². The number of para-hydroxylation sites is 1. The number of carbonyl (C=O) groups excluding carboxylic acids is 1. The van der Waals surface area contributed by atoms with Crippen LogP contribution in [0.3, 0.4) is 0 Å². The smallest absolute Gasteiger partial charge is 0.360 e. The van der Waals surface area contributed by atoms with Crippen LogP contribution in [0.5, 0.6) is 5.75 Å². The van der Waals surface area contributed by atoms with E-state index in [0.717, 1.165) is 83.6 Å². The summed E-state index contributed by atoms with van der Waals surface area (Å²) in [6, 6.07) is 16.2. The maximum Gasteiger partial charge on any atom is 0.360 e. The van der Waals surface area contributed by atoms with Crippen LogP contribution in [0.1, 0.15) is 88.7 Å². The van der Waals surface area contributed by atoms with Gasteiger partial charge in [-0.05, 0) is 97.7 Å². The lowest BCUT2D eigenvalue weighted by molar-refractivity contribution is -0.510. The predicted molar refractivity (Wildman–Crippen MR) is 201 cm³/mol. The highest BCUT2D eigenvalue weighted by Gasteiger charge is 2.56. The first-order valence-electron chi connectivity index (χ1n) is 18.4. The number of pyridine rings is 1. The number of ether oxygens (including phenoxy) is 2. The second-order valence-corrected chi connectivity index (χ2v) is 15.4. The summed E-state index contributed by atoms with van der Waals surface area (Å²) in [6.45, 7) is 1.28. The van der Waals surface area contributed by atoms with Crippen LogP contribution in [-0.4, -0.2) is 89.6 Å². The third-order valence-corrected chi connectivity index (χ3v) is 11.0. The van der Waals surface area contributed by atoms with Gasteiger partial charge in [0.15, 0.2) is 6.29 Å². The number of hydrogen-bond donors (Lipinski definition) is 7. The van der Waals surface area contributed by atoms with Gasteiger partial charge in [-0.3, -0.25) is 19.4 Å². The molecule has 0 aliphatic heterocycles. The number of unbranched alkanes of at least 4 members (excludes halogenated alkanes) is 4. The number of aliphatic hydroxyl groups excluding tert-OH is 2. The zero-order valence-electron chi connectivity index (χ0n) is 30.1. The van der Waals surface area contributed by atoms with E-state index in [1.807, 2.05) is 49.6 Å². The molecule has 1 heterocycles. The van der Waals surface area contributed by atoms with E-state index < -0.39 is 30.7 Å². The molecule has 5 rings (SSSR count). The third-order valence-electron chi connectivity index (χ3n) is 9.58. The van der Waals surface area contributed by atoms with Crippen molar-refractivity contribution in [3.8, 4) is 16.9 Å². The van der Waals surface area contributed by atoms with Crippen molar-refractivity contribution in [1.29, 1.82) is 0 Å². The van der Waals surface area contributed by atoms with Crippen molar-refractivity contribution >= 4 is 29.3 Å². The van der Waals surface area contributed by atoms with E-state index in [-0.39, 0.29) is 18.5 Å². The lowest BCUT2D eigenvalue weighted by atomic mass is 9.94. The second-order valence-electron chi connectivity index (χ2n) is 13.8. The van der Waals surface area contributed by atoms with Crippen LogP contribution in [0.2, 0.25) is 5.02 Å². The zero-order valence-corrected chi connectivity index (χ0v) is 31.7. The highest BCUT2D eigenvalue weighted by atomic mass is 35.5. The molecule has 1 unspecified atom stereocenters. The number of hydrogen-bond acceptors (Lipinski definition) is 12. The van der Waals surface area contributed by atoms with E-state index in [4.69, 9.17) is 21.4 Å². The minimum absolute atomic E-state index is 0.0488. The van der Waals surface area contributed by atoms with E-state index in [9.17, 15) is 30.3 Å². The molecule has 12 nitrogen and oxygen atoms in total. The molecule has 1 amide bonds. The molecule has 0 saturated heterocycles. The van der Waals surface area contributed by atoms with Gasteiger partial charge in [0.1, 0.15) is 5.75 Å². The van der Waals surface area contributed by atoms with Crippen molar-refractivity contribution in [3.63, 3.8) is 0 Å². The van der Waals surface area contributed by atoms with E-state index in [2.05, 4.69) is 33.2 Å². The molecule has 2 aliphatic rings. The number of nitrogens with zero attached hydrogens (tertiary/aromatic N) is 2. The first kappa shape index (κ1) is 41.3. The Kier molecular flexibility index (Phi) is 14.6. The topological polar surface area (TPSA) is 185 Å². The van der Waals surface area contributed by atoms with Crippen molar-refractivity contribution in [1.82, 2.24) is 15.2 Å². The number of rotatable bonds is 23. The molecule has 2 aromatic carbocycles. The molecule has 7 N–H and O–H groups in total. The van der Waals surface area contributed by atoms with Gasteiger partial charge in [-0.15, -0.1) is 11.8 Å². The Morgan fingerprint density at radius 1 is 1.06 bits per heavy atom. The van der Waals surface area contributed by atoms with Gasteiger partial charge in [-0.25, -0.2) is 0 Å². The number of benzene rings is 2. The number of amides is 1. The molecular formula is C39H52ClN3O9S. The van der Waals surface area contributed by atoms with Crippen molar-refractivity contribution in [2.75, 3.05) is 18.9 Å². The third kappa shape index (κ3) is 10.9. The SMILES string of the molecule is CCCCCC(=O)N(CCCCCSc1ccc(Cl)c(CNC2(c3cnccc3-c3ccccc3OC3CC3)CC2)c1)C(O)(O)C(O)(O)OC(O)CO. The lowest BCUT2D eigenvalue weighted by Gasteiger charge is -2.42. The van der Waals surface area contributed by atoms with Gasteiger partial charge in [-0.1, -0.05) is 56.0 Å². The molecule has 0 radical (unpaired) electrons. The fraction of sp³-hybridized carbons (Fsp3) is 0.538. The average molecular weight is 774 g/mol. The van der Waals surface area contributed by atoms with Gasteiger partial charge in [0, 0.05) is 52.9 Å². The number of thioether (sulfide) groups is 1. The Balaban J connectivity index is 1.15. The summed E-state index contributed by atoms with van der Waals surface area (Å²) in [5.41, 5.74) is 4.10. The van der Waals surface area contributed by atoms with Gasteiger partial charge >= 0.3 is 11.9 Å². The van der Waals surface area contributed by atoms with E-state index in [1.165, 1.54) is 0 Å². The van der Waals surface area contributed by atoms with Crippen molar-refractivity contribution < 1.29 is 44.9 Å². The molecule has 290 valence electrons. The lowest BCUT2D eigenvalue weighted by Crippen LogP contribution is -2.68. The van der Waals surface area contributed by atoms with E-state index >= 15 is 0 Å². The maximum atomic E-state index is 13.0. The van der Waals surface area contributed by atoms with E-state index in [0.29, 0.717) is 41.8 Å². The minimum Gasteiger partial charge on any atom is -0.490 e. The summed E-state index contributed by atoms with van der Waals surface area (Å²) in [5, 5.41) is 64.8. The highest BCUT2D eigenvalue weighted by molar-refractivity contribution is 7.99. The summed E-state index contributed by atoms with van der Waals surface area (Å²) in [6.07, 6.45) is 9.72. The number of halogens is 1. The predicted octanol–water partition coefficient (Wildman–Crippen LogP) is 5.00. The first-order valence-corrected chi connectivity index (χ1v) is 19.8. The quantitative estimate of drug-likeness (QED) is 0.0390. The minimum atomic E-state index is -3.76. The molecule has 53 heavy (non-hydrogen) atoms. The van der Waals surface area contributed by atoms with Crippen LogP contribution in [-0.2, 0) is 21.6 Å². The summed E-state index contributed by atoms with van der Waals surface area (Å²) in [4.78, 5) is 19.0. The Morgan fingerprint density at radius 3 is 2.55 bits per heavy atom. The van der Waals surface area contributed by atoms with Crippen LogP contribution in [0.15, 0.2) is 65.8 Å². The zero-order chi connectivity index (χ0) is 38.1. The fourth-order valence-corrected chi connectivity index (χ4v) is 7.37. The average Bonchev–Trinajstić information content (AvgIpc) is 4.09. The van der Waals surface area contributed by atoms with Gasteiger partial charge in [0.05, 0.1) is 12.7 Å². The normalized spacial score (nSPS) is 16.0. The number of aromatic nitrogens is 1. The van der Waals surface area contributed by atoms with Crippen molar-refractivity contribution in [3.05, 3.63) is 77.1 Å². The van der Waals surface area contributed by atoms with Gasteiger partial charge in [0.2, 0.25) is 5.91 Å². The molecule has 14 heteroatoms. The molecule has 1 atom stereocenters. The van der Waals surface area contributed by atoms with E-state index in [1.54, 1.807) is 11.8 Å². The second kappa shape index (κ2) is 18.7. The Morgan fingerprint density at radius 2 is 1.83 bits per heavy atom. The molecular weight excluding hydrogens is 722 g/mol. The summed E-state index contributed by atoms with van der Waals surface area (Å²) in [5.74, 6) is -6.42. The summed E-state index contributed by atoms with van der Waals surface area (Å²) < 4.78 is 10.7. The van der Waals surface area contributed by atoms with Crippen molar-refractivity contribution in [2.45, 2.75) is 119 Å². The summed E-state index contributed by atoms with van der Waals surface area (Å²) in [7, 11) is 0. The molecule has 3 aromatic rings. The molecule has 2 fully saturated rings. The highest BCUT2D eigenvalue weighted by Crippen LogP contribution is 2.50. The van der Waals surface area contributed by atoms with Crippen LogP contribution in [0.4, 0.5) is 0 Å². The molecule has 2 saturated carbocycles. The monoisotopic (exact) mass is 773 g/mol. The molecule has 0 spiro atoms. The summed E-state index contributed by atoms with van der Waals surface area (Å²) >= 11 is 8.33. The number of carbonyl (C=O) groups is 1. The standard InChI is InChI=1S/C39H52ClN3O9S/c1-2-3-5-12-35(45)43(38(47,48)39(49,50)52-36(46)26-44)21-8-4-9-22-53-29-15-16-33(40)27(23-29)24-42-37(18-19-37)32-25-41-20-17-30(32)31-10-6-7-11-34(31)51-28-13-14-28/h6-7,10-11,15-17,20,23,25,28,36,42,44,46-50H,2-5,8-9,12-14,18-19,21-22,24,26H2,1H3. The van der Waals surface area contributed by atoms with Crippen LogP contribution in [0.25, 0.3) is 11.1 Å². The first-order chi connectivity index (χ1) is 25.4. The Bertz CT molecular complexity index is 1650. The fourth-order valence-electron chi connectivity index (χ4n) is 6.21.